The second-order valence-corrected chi connectivity index (χ2v) is 8.13. The van der Waals surface area contributed by atoms with Gasteiger partial charge in [-0.3, -0.25) is 4.90 Å². The molecule has 1 aliphatic carbocycles. The number of amides is 3. The standard InChI is InChI=1S/C19H21FN4O6/c20-13-5-11(24-7-12(29-18(24)28)6-21-16(25)26)3-4-14(13)23-8-15-19(9-23,10-1-2-10)30-17(27)22-15/h3-5,10,12,15,21H,1-2,6-9H2,(H,22,27)(H,25,26)/t12?,15-,19-/m1/s1. The molecule has 3 atom stereocenters. The van der Waals surface area contributed by atoms with Gasteiger partial charge in [0.05, 0.1) is 37.1 Å². The van der Waals surface area contributed by atoms with E-state index >= 15 is 0 Å². The third kappa shape index (κ3) is 3.04. The number of hydrogen-bond acceptors (Lipinski definition) is 6. The van der Waals surface area contributed by atoms with Crippen LogP contribution < -0.4 is 20.4 Å². The van der Waals surface area contributed by atoms with Crippen molar-refractivity contribution in [2.45, 2.75) is 30.6 Å². The molecule has 1 saturated carbocycles. The number of rotatable bonds is 5. The Labute approximate surface area is 170 Å². The molecular weight excluding hydrogens is 399 g/mol. The number of fused-ring (bicyclic) bond motifs is 1. The second-order valence-electron chi connectivity index (χ2n) is 8.13. The van der Waals surface area contributed by atoms with Gasteiger partial charge in [0.1, 0.15) is 11.9 Å². The lowest BCUT2D eigenvalue weighted by atomic mass is 9.93. The summed E-state index contributed by atoms with van der Waals surface area (Å²) in [4.78, 5) is 37.6. The zero-order valence-electron chi connectivity index (χ0n) is 16.0. The normalized spacial score (nSPS) is 30.0. The van der Waals surface area contributed by atoms with Crippen molar-refractivity contribution < 1.29 is 33.4 Å². The highest BCUT2D eigenvalue weighted by atomic mass is 19.1. The summed E-state index contributed by atoms with van der Waals surface area (Å²) in [6, 6.07) is 4.32. The quantitative estimate of drug-likeness (QED) is 0.660. The fourth-order valence-corrected chi connectivity index (χ4v) is 4.68. The van der Waals surface area contributed by atoms with Gasteiger partial charge in [0.2, 0.25) is 0 Å². The number of cyclic esters (lactones) is 1. The third-order valence-corrected chi connectivity index (χ3v) is 6.21. The minimum Gasteiger partial charge on any atom is -0.465 e. The molecule has 4 aliphatic rings. The van der Waals surface area contributed by atoms with E-state index in [9.17, 15) is 18.8 Å². The van der Waals surface area contributed by atoms with Crippen molar-refractivity contribution in [3.63, 3.8) is 0 Å². The lowest BCUT2D eigenvalue weighted by Crippen LogP contribution is -2.44. The van der Waals surface area contributed by atoms with Gasteiger partial charge >= 0.3 is 18.3 Å². The highest BCUT2D eigenvalue weighted by Gasteiger charge is 2.62. The van der Waals surface area contributed by atoms with Gasteiger partial charge in [0.15, 0.2) is 5.60 Å². The molecule has 11 heteroatoms. The molecule has 0 aromatic heterocycles. The van der Waals surface area contributed by atoms with Crippen molar-refractivity contribution >= 4 is 29.7 Å². The molecule has 5 rings (SSSR count). The number of anilines is 2. The van der Waals surface area contributed by atoms with Crippen LogP contribution in [0.2, 0.25) is 0 Å². The number of benzene rings is 1. The summed E-state index contributed by atoms with van der Waals surface area (Å²) >= 11 is 0. The average Bonchev–Trinajstić information content (AvgIpc) is 3.29. The summed E-state index contributed by atoms with van der Waals surface area (Å²) in [6.07, 6.45) is -0.931. The van der Waals surface area contributed by atoms with Crippen LogP contribution in [0.4, 0.5) is 30.1 Å². The predicted octanol–water partition coefficient (Wildman–Crippen LogP) is 1.50. The van der Waals surface area contributed by atoms with Crippen molar-refractivity contribution in [3.05, 3.63) is 24.0 Å². The molecule has 0 radical (unpaired) electrons. The van der Waals surface area contributed by atoms with Gasteiger partial charge < -0.3 is 30.1 Å². The van der Waals surface area contributed by atoms with E-state index in [0.717, 1.165) is 12.8 Å². The summed E-state index contributed by atoms with van der Waals surface area (Å²) in [5, 5.41) is 13.7. The molecule has 1 aromatic rings. The van der Waals surface area contributed by atoms with E-state index in [-0.39, 0.29) is 19.1 Å². The number of carbonyl (C=O) groups excluding carboxylic acids is 2. The van der Waals surface area contributed by atoms with E-state index < -0.39 is 35.8 Å². The predicted molar refractivity (Wildman–Crippen MR) is 101 cm³/mol. The number of carbonyl (C=O) groups is 3. The van der Waals surface area contributed by atoms with Crippen LogP contribution in [-0.2, 0) is 9.47 Å². The van der Waals surface area contributed by atoms with Gasteiger partial charge in [-0.1, -0.05) is 0 Å². The Balaban J connectivity index is 1.31. The number of halogens is 1. The number of nitrogens with zero attached hydrogens (tertiary/aromatic N) is 2. The minimum atomic E-state index is -1.21. The molecule has 4 fully saturated rings. The Kier molecular flexibility index (Phi) is 4.16. The Hall–Kier alpha value is -3.24. The lowest BCUT2D eigenvalue weighted by Gasteiger charge is -2.27. The Morgan fingerprint density at radius 3 is 2.83 bits per heavy atom. The highest BCUT2D eigenvalue weighted by Crippen LogP contribution is 2.50. The van der Waals surface area contributed by atoms with Crippen molar-refractivity contribution in [3.8, 4) is 0 Å². The molecule has 1 unspecified atom stereocenters. The second kappa shape index (κ2) is 6.64. The number of hydrogen-bond donors (Lipinski definition) is 3. The summed E-state index contributed by atoms with van der Waals surface area (Å²) < 4.78 is 25.7. The van der Waals surface area contributed by atoms with Crippen molar-refractivity contribution in [1.29, 1.82) is 0 Å². The maximum atomic E-state index is 15.0. The topological polar surface area (TPSA) is 120 Å². The van der Waals surface area contributed by atoms with Crippen LogP contribution >= 0.6 is 0 Å². The first-order chi connectivity index (χ1) is 14.4. The van der Waals surface area contributed by atoms with E-state index in [0.29, 0.717) is 30.4 Å². The van der Waals surface area contributed by atoms with E-state index in [1.807, 2.05) is 4.90 Å². The first-order valence-electron chi connectivity index (χ1n) is 9.84. The summed E-state index contributed by atoms with van der Waals surface area (Å²) in [5.74, 6) is -0.200. The van der Waals surface area contributed by atoms with Crippen LogP contribution in [-0.4, -0.2) is 67.3 Å². The fraction of sp³-hybridized carbons (Fsp3) is 0.526. The molecule has 1 aromatic carbocycles. The number of nitrogens with one attached hydrogen (secondary N) is 2. The van der Waals surface area contributed by atoms with E-state index in [2.05, 4.69) is 10.6 Å². The van der Waals surface area contributed by atoms with Crippen molar-refractivity contribution in [2.24, 2.45) is 5.92 Å². The zero-order valence-corrected chi connectivity index (χ0v) is 16.0. The van der Waals surface area contributed by atoms with Gasteiger partial charge in [-0.05, 0) is 31.0 Å². The Bertz CT molecular complexity index is 924. The van der Waals surface area contributed by atoms with Crippen LogP contribution in [0.3, 0.4) is 0 Å². The van der Waals surface area contributed by atoms with Crippen LogP contribution in [0.1, 0.15) is 12.8 Å². The van der Waals surface area contributed by atoms with Gasteiger partial charge in [0.25, 0.3) is 0 Å². The average molecular weight is 420 g/mol. The molecule has 30 heavy (non-hydrogen) atoms. The number of alkyl carbamates (subject to hydrolysis) is 1. The van der Waals surface area contributed by atoms with E-state index in [1.165, 1.54) is 11.0 Å². The fourth-order valence-electron chi connectivity index (χ4n) is 4.68. The maximum absolute atomic E-state index is 15.0. The summed E-state index contributed by atoms with van der Waals surface area (Å²) in [6.45, 7) is 0.954. The summed E-state index contributed by atoms with van der Waals surface area (Å²) in [7, 11) is 0. The molecule has 3 saturated heterocycles. The van der Waals surface area contributed by atoms with Gasteiger partial charge in [-0.15, -0.1) is 0 Å². The Morgan fingerprint density at radius 2 is 2.13 bits per heavy atom. The maximum Gasteiger partial charge on any atom is 0.414 e. The molecule has 3 heterocycles. The molecular formula is C19H21FN4O6. The zero-order chi connectivity index (χ0) is 21.0. The highest BCUT2D eigenvalue weighted by molar-refractivity contribution is 5.90. The first-order valence-corrected chi connectivity index (χ1v) is 9.84. The van der Waals surface area contributed by atoms with E-state index in [1.54, 1.807) is 12.1 Å². The van der Waals surface area contributed by atoms with Crippen LogP contribution in [0.5, 0.6) is 0 Å². The van der Waals surface area contributed by atoms with Crippen LogP contribution in [0.15, 0.2) is 18.2 Å². The SMILES string of the molecule is O=C(O)NCC1CN(c2ccc(N3C[C@H]4NC(=O)O[C@@]4(C4CC4)C3)c(F)c2)C(=O)O1. The largest absolute Gasteiger partial charge is 0.465 e. The third-order valence-electron chi connectivity index (χ3n) is 6.21. The van der Waals surface area contributed by atoms with Crippen LogP contribution in [0, 0.1) is 11.7 Å². The molecule has 10 nitrogen and oxygen atoms in total. The van der Waals surface area contributed by atoms with Crippen LogP contribution in [0.25, 0.3) is 0 Å². The number of carboxylic acid groups (broad SMARTS) is 1. The Morgan fingerprint density at radius 1 is 1.33 bits per heavy atom. The molecule has 0 bridgehead atoms. The van der Waals surface area contributed by atoms with Gasteiger partial charge in [0, 0.05) is 12.5 Å². The molecule has 160 valence electrons. The van der Waals surface area contributed by atoms with Crippen molar-refractivity contribution in [2.75, 3.05) is 36.0 Å². The first kappa shape index (κ1) is 18.8. The monoisotopic (exact) mass is 420 g/mol. The summed E-state index contributed by atoms with van der Waals surface area (Å²) in [5.41, 5.74) is 0.105. The molecule has 3 amide bonds. The number of ether oxygens (including phenoxy) is 2. The van der Waals surface area contributed by atoms with Crippen molar-refractivity contribution in [1.82, 2.24) is 10.6 Å². The van der Waals surface area contributed by atoms with E-state index in [4.69, 9.17) is 14.6 Å². The molecule has 0 spiro atoms. The van der Waals surface area contributed by atoms with Gasteiger partial charge in [-0.2, -0.15) is 0 Å². The molecule has 3 aliphatic heterocycles. The smallest absolute Gasteiger partial charge is 0.414 e. The minimum absolute atomic E-state index is 0.0394. The van der Waals surface area contributed by atoms with Gasteiger partial charge in [-0.25, -0.2) is 18.8 Å². The lowest BCUT2D eigenvalue weighted by molar-refractivity contribution is 0.0417. The molecule has 3 N–H and O–H groups in total.